The van der Waals surface area contributed by atoms with E-state index in [9.17, 15) is 4.39 Å². The number of hydrogen-bond acceptors (Lipinski definition) is 3. The van der Waals surface area contributed by atoms with E-state index in [1.165, 1.54) is 5.56 Å². The molecule has 1 aromatic rings. The molecule has 2 rings (SSSR count). The third kappa shape index (κ3) is 4.56. The van der Waals surface area contributed by atoms with Gasteiger partial charge in [0.2, 0.25) is 0 Å². The van der Waals surface area contributed by atoms with Crippen molar-refractivity contribution in [2.75, 3.05) is 39.8 Å². The van der Waals surface area contributed by atoms with Crippen molar-refractivity contribution >= 4 is 0 Å². The van der Waals surface area contributed by atoms with E-state index in [1.54, 1.807) is 6.07 Å². The van der Waals surface area contributed by atoms with Crippen LogP contribution in [0.1, 0.15) is 11.1 Å². The number of piperazine rings is 1. The molecule has 0 radical (unpaired) electrons. The van der Waals surface area contributed by atoms with Gasteiger partial charge in [0.05, 0.1) is 0 Å². The fraction of sp³-hybridized carbons (Fsp3) is 0.600. The van der Waals surface area contributed by atoms with Gasteiger partial charge in [0, 0.05) is 32.2 Å². The molecule has 1 aromatic carbocycles. The van der Waals surface area contributed by atoms with E-state index in [4.69, 9.17) is 0 Å². The first-order valence-electron chi connectivity index (χ1n) is 7.03. The number of nitrogens with zero attached hydrogens (tertiary/aromatic N) is 1. The Hall–Kier alpha value is -0.970. The molecule has 0 bridgehead atoms. The Bertz CT molecular complexity index is 408. The van der Waals surface area contributed by atoms with Crippen LogP contribution in [-0.2, 0) is 6.42 Å². The molecule has 0 aliphatic carbocycles. The van der Waals surface area contributed by atoms with Gasteiger partial charge in [-0.1, -0.05) is 12.1 Å². The van der Waals surface area contributed by atoms with Crippen LogP contribution in [0.4, 0.5) is 4.39 Å². The Morgan fingerprint density at radius 1 is 1.47 bits per heavy atom. The minimum Gasteiger partial charge on any atom is -0.315 e. The first kappa shape index (κ1) is 14.4. The average molecular weight is 265 g/mol. The van der Waals surface area contributed by atoms with Crippen LogP contribution >= 0.6 is 0 Å². The topological polar surface area (TPSA) is 27.3 Å². The van der Waals surface area contributed by atoms with Crippen LogP contribution in [0.2, 0.25) is 0 Å². The molecule has 0 saturated carbocycles. The molecular formula is C15H24FN3. The Labute approximate surface area is 115 Å². The second kappa shape index (κ2) is 6.98. The summed E-state index contributed by atoms with van der Waals surface area (Å²) in [5, 5.41) is 6.99. The predicted octanol–water partition coefficient (Wildman–Crippen LogP) is 1.17. The lowest BCUT2D eigenvalue weighted by molar-refractivity contribution is 0.235. The van der Waals surface area contributed by atoms with Crippen LogP contribution in [0.25, 0.3) is 0 Å². The Morgan fingerprint density at radius 2 is 2.32 bits per heavy atom. The van der Waals surface area contributed by atoms with E-state index in [0.717, 1.165) is 44.7 Å². The number of likely N-dealkylation sites (N-methyl/N-ethyl adjacent to an activating group) is 1. The van der Waals surface area contributed by atoms with Crippen LogP contribution < -0.4 is 10.6 Å². The van der Waals surface area contributed by atoms with E-state index >= 15 is 0 Å². The molecular weight excluding hydrogens is 241 g/mol. The van der Waals surface area contributed by atoms with E-state index < -0.39 is 0 Å². The van der Waals surface area contributed by atoms with Gasteiger partial charge in [0.25, 0.3) is 0 Å². The van der Waals surface area contributed by atoms with Gasteiger partial charge >= 0.3 is 0 Å². The number of rotatable bonds is 5. The molecule has 1 fully saturated rings. The van der Waals surface area contributed by atoms with Gasteiger partial charge in [-0.25, -0.2) is 4.39 Å². The smallest absolute Gasteiger partial charge is 0.126 e. The zero-order valence-corrected chi connectivity index (χ0v) is 11.9. The number of aryl methyl sites for hydroxylation is 1. The highest BCUT2D eigenvalue weighted by Crippen LogP contribution is 2.09. The minimum absolute atomic E-state index is 0.119. The third-order valence-corrected chi connectivity index (χ3v) is 3.66. The number of hydrogen-bond donors (Lipinski definition) is 2. The van der Waals surface area contributed by atoms with Crippen molar-refractivity contribution in [2.45, 2.75) is 19.4 Å². The number of nitrogens with one attached hydrogen (secondary N) is 2. The van der Waals surface area contributed by atoms with Crippen molar-refractivity contribution < 1.29 is 4.39 Å². The molecule has 106 valence electrons. The molecule has 1 saturated heterocycles. The van der Waals surface area contributed by atoms with Gasteiger partial charge in [0.1, 0.15) is 5.82 Å². The molecule has 0 spiro atoms. The summed E-state index contributed by atoms with van der Waals surface area (Å²) in [6.07, 6.45) is 0.948. The van der Waals surface area contributed by atoms with Crippen LogP contribution in [0.15, 0.2) is 18.2 Å². The fourth-order valence-electron chi connectivity index (χ4n) is 2.50. The summed E-state index contributed by atoms with van der Waals surface area (Å²) in [6, 6.07) is 5.90. The summed E-state index contributed by atoms with van der Waals surface area (Å²) in [7, 11) is 2.16. The maximum absolute atomic E-state index is 13.1. The zero-order chi connectivity index (χ0) is 13.7. The molecule has 0 amide bonds. The summed E-state index contributed by atoms with van der Waals surface area (Å²) < 4.78 is 13.1. The van der Waals surface area contributed by atoms with Gasteiger partial charge in [0.15, 0.2) is 0 Å². The van der Waals surface area contributed by atoms with Crippen LogP contribution in [0.5, 0.6) is 0 Å². The lowest BCUT2D eigenvalue weighted by Crippen LogP contribution is -2.53. The standard InChI is InChI=1S/C15H24FN3/c1-12-9-13(3-4-15(12)16)5-6-17-10-14-11-19(2)8-7-18-14/h3-4,9,14,17-18H,5-8,10-11H2,1-2H3. The number of halogens is 1. The highest BCUT2D eigenvalue weighted by molar-refractivity contribution is 5.24. The number of benzene rings is 1. The molecule has 4 heteroatoms. The van der Waals surface area contributed by atoms with Crippen LogP contribution in [-0.4, -0.2) is 50.7 Å². The summed E-state index contributed by atoms with van der Waals surface area (Å²) in [6.45, 7) is 7.04. The van der Waals surface area contributed by atoms with Crippen LogP contribution in [0.3, 0.4) is 0 Å². The summed E-state index contributed by atoms with van der Waals surface area (Å²) in [5.41, 5.74) is 1.92. The van der Waals surface area contributed by atoms with Crippen molar-refractivity contribution in [1.82, 2.24) is 15.5 Å². The highest BCUT2D eigenvalue weighted by Gasteiger charge is 2.15. The Morgan fingerprint density at radius 3 is 3.05 bits per heavy atom. The first-order valence-corrected chi connectivity index (χ1v) is 7.03. The maximum Gasteiger partial charge on any atom is 0.126 e. The van der Waals surface area contributed by atoms with Gasteiger partial charge < -0.3 is 15.5 Å². The van der Waals surface area contributed by atoms with Crippen molar-refractivity contribution in [3.63, 3.8) is 0 Å². The monoisotopic (exact) mass is 265 g/mol. The quantitative estimate of drug-likeness (QED) is 0.783. The molecule has 1 aliphatic rings. The first-order chi connectivity index (χ1) is 9.15. The summed E-state index contributed by atoms with van der Waals surface area (Å²) >= 11 is 0. The lowest BCUT2D eigenvalue weighted by Gasteiger charge is -2.31. The van der Waals surface area contributed by atoms with Gasteiger partial charge in [-0.2, -0.15) is 0 Å². The fourth-order valence-corrected chi connectivity index (χ4v) is 2.50. The van der Waals surface area contributed by atoms with E-state index in [-0.39, 0.29) is 5.82 Å². The van der Waals surface area contributed by atoms with Crippen LogP contribution in [0, 0.1) is 12.7 Å². The average Bonchev–Trinajstić information content (AvgIpc) is 2.39. The minimum atomic E-state index is -0.119. The van der Waals surface area contributed by atoms with Gasteiger partial charge in [-0.3, -0.25) is 0 Å². The summed E-state index contributed by atoms with van der Waals surface area (Å²) in [4.78, 5) is 2.35. The van der Waals surface area contributed by atoms with Gasteiger partial charge in [-0.05, 0) is 44.1 Å². The Balaban J connectivity index is 1.67. The molecule has 1 atom stereocenters. The molecule has 3 nitrogen and oxygen atoms in total. The van der Waals surface area contributed by atoms with Gasteiger partial charge in [-0.15, -0.1) is 0 Å². The molecule has 19 heavy (non-hydrogen) atoms. The van der Waals surface area contributed by atoms with E-state index in [0.29, 0.717) is 6.04 Å². The molecule has 1 unspecified atom stereocenters. The van der Waals surface area contributed by atoms with Crippen molar-refractivity contribution in [3.8, 4) is 0 Å². The van der Waals surface area contributed by atoms with Crippen molar-refractivity contribution in [3.05, 3.63) is 35.1 Å². The Kier molecular flexibility index (Phi) is 5.31. The third-order valence-electron chi connectivity index (χ3n) is 3.66. The molecule has 1 aliphatic heterocycles. The normalized spacial score (nSPS) is 20.7. The van der Waals surface area contributed by atoms with Crippen molar-refractivity contribution in [2.24, 2.45) is 0 Å². The van der Waals surface area contributed by atoms with Crippen molar-refractivity contribution in [1.29, 1.82) is 0 Å². The molecule has 1 heterocycles. The predicted molar refractivity (Wildman–Crippen MR) is 77.0 cm³/mol. The second-order valence-electron chi connectivity index (χ2n) is 5.45. The second-order valence-corrected chi connectivity index (χ2v) is 5.45. The maximum atomic E-state index is 13.1. The summed E-state index contributed by atoms with van der Waals surface area (Å²) in [5.74, 6) is -0.119. The lowest BCUT2D eigenvalue weighted by atomic mass is 10.1. The molecule has 2 N–H and O–H groups in total. The largest absolute Gasteiger partial charge is 0.315 e. The molecule has 0 aromatic heterocycles. The van der Waals surface area contributed by atoms with E-state index in [1.807, 2.05) is 19.1 Å². The highest BCUT2D eigenvalue weighted by atomic mass is 19.1. The zero-order valence-electron chi connectivity index (χ0n) is 11.9. The van der Waals surface area contributed by atoms with E-state index in [2.05, 4.69) is 22.6 Å². The SMILES string of the molecule is Cc1cc(CCNCC2CN(C)CCN2)ccc1F.